The zero-order chi connectivity index (χ0) is 13.5. The standard InChI is InChI=1S/C14H20N2O2/c1-11(10-15)16(2)14(18)9-8-13(17)12-6-4-3-5-7-12/h3-7,11H,8-10,15H2,1-2H3. The predicted molar refractivity (Wildman–Crippen MR) is 71.3 cm³/mol. The van der Waals surface area contributed by atoms with Crippen LogP contribution in [0.2, 0.25) is 0 Å². The second-order valence-electron chi connectivity index (χ2n) is 4.38. The summed E-state index contributed by atoms with van der Waals surface area (Å²) in [5, 5.41) is 0. The molecule has 0 spiro atoms. The quantitative estimate of drug-likeness (QED) is 0.775. The minimum absolute atomic E-state index is 0.00208. The summed E-state index contributed by atoms with van der Waals surface area (Å²) in [5.41, 5.74) is 6.15. The van der Waals surface area contributed by atoms with Gasteiger partial charge in [0.1, 0.15) is 0 Å². The van der Waals surface area contributed by atoms with Gasteiger partial charge < -0.3 is 10.6 Å². The number of ketones is 1. The maximum absolute atomic E-state index is 11.8. The average molecular weight is 248 g/mol. The van der Waals surface area contributed by atoms with E-state index in [-0.39, 0.29) is 30.6 Å². The summed E-state index contributed by atoms with van der Waals surface area (Å²) in [5.74, 6) is -0.0463. The average Bonchev–Trinajstić information content (AvgIpc) is 2.43. The number of carbonyl (C=O) groups is 2. The first-order valence-electron chi connectivity index (χ1n) is 6.10. The molecule has 1 aromatic rings. The molecular weight excluding hydrogens is 228 g/mol. The summed E-state index contributed by atoms with van der Waals surface area (Å²) in [4.78, 5) is 25.2. The minimum Gasteiger partial charge on any atom is -0.342 e. The Balaban J connectivity index is 2.46. The fourth-order valence-corrected chi connectivity index (χ4v) is 1.57. The Bertz CT molecular complexity index is 404. The smallest absolute Gasteiger partial charge is 0.223 e. The maximum atomic E-state index is 11.8. The number of benzene rings is 1. The number of hydrogen-bond donors (Lipinski definition) is 1. The van der Waals surface area contributed by atoms with Crippen LogP contribution in [-0.2, 0) is 4.79 Å². The van der Waals surface area contributed by atoms with Crippen molar-refractivity contribution in [2.75, 3.05) is 13.6 Å². The number of Topliss-reactive ketones (excluding diaryl/α,β-unsaturated/α-hetero) is 1. The van der Waals surface area contributed by atoms with Crippen LogP contribution >= 0.6 is 0 Å². The number of nitrogens with two attached hydrogens (primary N) is 1. The van der Waals surface area contributed by atoms with Gasteiger partial charge in [0.05, 0.1) is 0 Å². The largest absolute Gasteiger partial charge is 0.342 e. The van der Waals surface area contributed by atoms with Gasteiger partial charge in [0.15, 0.2) is 5.78 Å². The lowest BCUT2D eigenvalue weighted by Gasteiger charge is -2.23. The zero-order valence-corrected chi connectivity index (χ0v) is 10.9. The summed E-state index contributed by atoms with van der Waals surface area (Å²) >= 11 is 0. The molecule has 1 atom stereocenters. The third-order valence-electron chi connectivity index (χ3n) is 3.06. The number of carbonyl (C=O) groups excluding carboxylic acids is 2. The third kappa shape index (κ3) is 3.96. The van der Waals surface area contributed by atoms with Gasteiger partial charge >= 0.3 is 0 Å². The van der Waals surface area contributed by atoms with Crippen molar-refractivity contribution < 1.29 is 9.59 Å². The summed E-state index contributed by atoms with van der Waals surface area (Å²) < 4.78 is 0. The fraction of sp³-hybridized carbons (Fsp3) is 0.429. The van der Waals surface area contributed by atoms with Crippen molar-refractivity contribution in [2.24, 2.45) is 5.73 Å². The van der Waals surface area contributed by atoms with Crippen LogP contribution < -0.4 is 5.73 Å². The van der Waals surface area contributed by atoms with E-state index in [1.54, 1.807) is 24.1 Å². The topological polar surface area (TPSA) is 63.4 Å². The predicted octanol–water partition coefficient (Wildman–Crippen LogP) is 1.46. The molecule has 1 aromatic carbocycles. The van der Waals surface area contributed by atoms with Crippen molar-refractivity contribution in [1.82, 2.24) is 4.90 Å². The molecule has 0 aromatic heterocycles. The van der Waals surface area contributed by atoms with Gasteiger partial charge in [-0.2, -0.15) is 0 Å². The number of likely N-dealkylation sites (N-methyl/N-ethyl adjacent to an activating group) is 1. The van der Waals surface area contributed by atoms with Gasteiger partial charge in [-0.3, -0.25) is 9.59 Å². The lowest BCUT2D eigenvalue weighted by molar-refractivity contribution is -0.131. The highest BCUT2D eigenvalue weighted by Crippen LogP contribution is 2.07. The first kappa shape index (κ1) is 14.4. The van der Waals surface area contributed by atoms with E-state index in [2.05, 4.69) is 0 Å². The van der Waals surface area contributed by atoms with Gasteiger partial charge in [0.25, 0.3) is 0 Å². The molecule has 4 nitrogen and oxygen atoms in total. The molecule has 0 aliphatic rings. The number of hydrogen-bond acceptors (Lipinski definition) is 3. The molecule has 1 rings (SSSR count). The van der Waals surface area contributed by atoms with Gasteiger partial charge in [-0.15, -0.1) is 0 Å². The summed E-state index contributed by atoms with van der Waals surface area (Å²) in [6.07, 6.45) is 0.471. The van der Waals surface area contributed by atoms with Gasteiger partial charge in [-0.25, -0.2) is 0 Å². The van der Waals surface area contributed by atoms with E-state index in [4.69, 9.17) is 5.73 Å². The van der Waals surface area contributed by atoms with Crippen LogP contribution in [-0.4, -0.2) is 36.2 Å². The first-order valence-corrected chi connectivity index (χ1v) is 6.10. The van der Waals surface area contributed by atoms with Crippen LogP contribution in [0.3, 0.4) is 0 Å². The minimum atomic E-state index is -0.0442. The summed E-state index contributed by atoms with van der Waals surface area (Å²) in [7, 11) is 1.72. The van der Waals surface area contributed by atoms with Crippen molar-refractivity contribution in [3.8, 4) is 0 Å². The molecule has 0 fully saturated rings. The number of rotatable bonds is 6. The Hall–Kier alpha value is -1.68. The highest BCUT2D eigenvalue weighted by Gasteiger charge is 2.15. The van der Waals surface area contributed by atoms with Gasteiger partial charge in [0, 0.05) is 38.0 Å². The van der Waals surface area contributed by atoms with Gasteiger partial charge in [0.2, 0.25) is 5.91 Å². The van der Waals surface area contributed by atoms with E-state index in [9.17, 15) is 9.59 Å². The monoisotopic (exact) mass is 248 g/mol. The Kier molecular flexibility index (Phi) is 5.52. The molecule has 0 saturated carbocycles. The third-order valence-corrected chi connectivity index (χ3v) is 3.06. The molecular formula is C14H20N2O2. The van der Waals surface area contributed by atoms with Crippen LogP contribution in [0.1, 0.15) is 30.1 Å². The highest BCUT2D eigenvalue weighted by molar-refractivity contribution is 5.97. The normalized spacial score (nSPS) is 11.9. The van der Waals surface area contributed by atoms with Crippen molar-refractivity contribution >= 4 is 11.7 Å². The van der Waals surface area contributed by atoms with Crippen molar-refractivity contribution in [2.45, 2.75) is 25.8 Å². The zero-order valence-electron chi connectivity index (χ0n) is 10.9. The first-order chi connectivity index (χ1) is 8.56. The molecule has 0 aliphatic heterocycles. The van der Waals surface area contributed by atoms with E-state index in [1.807, 2.05) is 25.1 Å². The van der Waals surface area contributed by atoms with Crippen LogP contribution in [0.4, 0.5) is 0 Å². The van der Waals surface area contributed by atoms with E-state index < -0.39 is 0 Å². The fourth-order valence-electron chi connectivity index (χ4n) is 1.57. The summed E-state index contributed by atoms with van der Waals surface area (Å²) in [6.45, 7) is 2.31. The lowest BCUT2D eigenvalue weighted by Crippen LogP contribution is -2.39. The lowest BCUT2D eigenvalue weighted by atomic mass is 10.1. The number of nitrogens with zero attached hydrogens (tertiary/aromatic N) is 1. The number of amides is 1. The second kappa shape index (κ2) is 6.91. The Morgan fingerprint density at radius 1 is 1.22 bits per heavy atom. The van der Waals surface area contributed by atoms with E-state index in [0.29, 0.717) is 12.1 Å². The molecule has 2 N–H and O–H groups in total. The van der Waals surface area contributed by atoms with Crippen molar-refractivity contribution in [1.29, 1.82) is 0 Å². The molecule has 4 heteroatoms. The van der Waals surface area contributed by atoms with Crippen LogP contribution in [0.5, 0.6) is 0 Å². The van der Waals surface area contributed by atoms with Crippen LogP contribution in [0.15, 0.2) is 30.3 Å². The maximum Gasteiger partial charge on any atom is 0.223 e. The van der Waals surface area contributed by atoms with E-state index in [0.717, 1.165) is 0 Å². The molecule has 0 heterocycles. The SMILES string of the molecule is CC(CN)N(C)C(=O)CCC(=O)c1ccccc1. The Labute approximate surface area is 108 Å². The molecule has 0 radical (unpaired) electrons. The molecule has 1 amide bonds. The highest BCUT2D eigenvalue weighted by atomic mass is 16.2. The van der Waals surface area contributed by atoms with Crippen LogP contribution in [0.25, 0.3) is 0 Å². The van der Waals surface area contributed by atoms with Crippen LogP contribution in [0, 0.1) is 0 Å². The second-order valence-corrected chi connectivity index (χ2v) is 4.38. The molecule has 0 saturated heterocycles. The summed E-state index contributed by atoms with van der Waals surface area (Å²) in [6, 6.07) is 9.02. The van der Waals surface area contributed by atoms with E-state index in [1.165, 1.54) is 0 Å². The van der Waals surface area contributed by atoms with Crippen molar-refractivity contribution in [3.05, 3.63) is 35.9 Å². The molecule has 0 aliphatic carbocycles. The van der Waals surface area contributed by atoms with Gasteiger partial charge in [-0.05, 0) is 6.92 Å². The molecule has 98 valence electrons. The Morgan fingerprint density at radius 2 is 1.83 bits per heavy atom. The molecule has 0 bridgehead atoms. The Morgan fingerprint density at radius 3 is 2.39 bits per heavy atom. The van der Waals surface area contributed by atoms with E-state index >= 15 is 0 Å². The van der Waals surface area contributed by atoms with Gasteiger partial charge in [-0.1, -0.05) is 30.3 Å². The molecule has 1 unspecified atom stereocenters. The van der Waals surface area contributed by atoms with Crippen molar-refractivity contribution in [3.63, 3.8) is 0 Å². The molecule has 18 heavy (non-hydrogen) atoms.